The Kier molecular flexibility index (Phi) is 8.34. The van der Waals surface area contributed by atoms with Crippen LogP contribution in [0.3, 0.4) is 0 Å². The quantitative estimate of drug-likeness (QED) is 0.334. The number of nitrogens with zero attached hydrogens (tertiary/aromatic N) is 3. The van der Waals surface area contributed by atoms with Crippen LogP contribution < -0.4 is 21.1 Å². The zero-order valence-electron chi connectivity index (χ0n) is 22.8. The predicted octanol–water partition coefficient (Wildman–Crippen LogP) is 3.14. The Balaban J connectivity index is 1.94. The summed E-state index contributed by atoms with van der Waals surface area (Å²) < 4.78 is 16.1. The van der Waals surface area contributed by atoms with Crippen LogP contribution in [0.1, 0.15) is 44.7 Å². The van der Waals surface area contributed by atoms with Crippen LogP contribution in [0.2, 0.25) is 0 Å². The molecular weight excluding hydrogens is 517 g/mol. The number of rotatable bonds is 10. The zero-order valence-corrected chi connectivity index (χ0v) is 22.8. The third-order valence-corrected chi connectivity index (χ3v) is 6.81. The van der Waals surface area contributed by atoms with Crippen molar-refractivity contribution in [1.29, 1.82) is 0 Å². The predicted molar refractivity (Wildman–Crippen MR) is 150 cm³/mol. The number of aromatic nitrogens is 1. The monoisotopic (exact) mass is 549 g/mol. The fraction of sp³-hybridized carbons (Fsp3) is 0.310. The number of benzene rings is 2. The Hall–Kier alpha value is -4.51. The SMILES string of the molecule is Cc1ccc(Nc2c(C(=O)N(C)CCO)c(N(C=O)c3cccc(C(=O)NC4CC4)c3)c(C)c(=O)n2C)c(F)c1. The van der Waals surface area contributed by atoms with E-state index in [0.29, 0.717) is 17.5 Å². The number of hydrogen-bond acceptors (Lipinski definition) is 6. The topological polar surface area (TPSA) is 124 Å². The minimum Gasteiger partial charge on any atom is -0.395 e. The number of halogens is 1. The summed E-state index contributed by atoms with van der Waals surface area (Å²) in [4.78, 5) is 55.0. The lowest BCUT2D eigenvalue weighted by Crippen LogP contribution is -2.36. The lowest BCUT2D eigenvalue weighted by Gasteiger charge is -2.28. The van der Waals surface area contributed by atoms with Crippen LogP contribution in [0.4, 0.5) is 27.3 Å². The van der Waals surface area contributed by atoms with E-state index in [2.05, 4.69) is 10.6 Å². The molecule has 3 N–H and O–H groups in total. The molecule has 210 valence electrons. The number of carbonyl (C=O) groups is 3. The summed E-state index contributed by atoms with van der Waals surface area (Å²) in [6.45, 7) is 2.85. The van der Waals surface area contributed by atoms with Gasteiger partial charge in [-0.25, -0.2) is 4.39 Å². The molecule has 10 nitrogen and oxygen atoms in total. The first kappa shape index (κ1) is 28.5. The Morgan fingerprint density at radius 3 is 2.52 bits per heavy atom. The molecule has 1 aliphatic rings. The van der Waals surface area contributed by atoms with Gasteiger partial charge < -0.3 is 20.6 Å². The number of carbonyl (C=O) groups excluding carboxylic acids is 3. The minimum absolute atomic E-state index is 0.0191. The molecule has 0 radical (unpaired) electrons. The maximum Gasteiger partial charge on any atom is 0.259 e. The van der Waals surface area contributed by atoms with Crippen molar-refractivity contribution >= 4 is 41.1 Å². The molecule has 0 unspecified atom stereocenters. The molecule has 3 aromatic rings. The van der Waals surface area contributed by atoms with Crippen LogP contribution in [0, 0.1) is 19.7 Å². The summed E-state index contributed by atoms with van der Waals surface area (Å²) in [5.41, 5.74) is 0.699. The van der Waals surface area contributed by atoms with Crippen molar-refractivity contribution in [2.75, 3.05) is 30.4 Å². The van der Waals surface area contributed by atoms with E-state index in [1.54, 1.807) is 31.2 Å². The van der Waals surface area contributed by atoms with Gasteiger partial charge in [0.2, 0.25) is 6.41 Å². The maximum atomic E-state index is 14.9. The highest BCUT2D eigenvalue weighted by molar-refractivity contribution is 6.09. The number of aliphatic hydroxyl groups is 1. The van der Waals surface area contributed by atoms with E-state index in [-0.39, 0.29) is 59.1 Å². The first-order valence-electron chi connectivity index (χ1n) is 12.9. The largest absolute Gasteiger partial charge is 0.395 e. The van der Waals surface area contributed by atoms with Crippen molar-refractivity contribution in [1.82, 2.24) is 14.8 Å². The van der Waals surface area contributed by atoms with Crippen molar-refractivity contribution in [2.45, 2.75) is 32.7 Å². The van der Waals surface area contributed by atoms with Gasteiger partial charge in [0.1, 0.15) is 17.2 Å². The highest BCUT2D eigenvalue weighted by Gasteiger charge is 2.31. The van der Waals surface area contributed by atoms with Crippen LogP contribution in [0.15, 0.2) is 47.3 Å². The van der Waals surface area contributed by atoms with Crippen molar-refractivity contribution in [3.05, 3.63) is 80.9 Å². The summed E-state index contributed by atoms with van der Waals surface area (Å²) in [6, 6.07) is 10.9. The molecule has 0 saturated heterocycles. The molecule has 3 amide bonds. The van der Waals surface area contributed by atoms with Crippen LogP contribution in [-0.2, 0) is 11.8 Å². The molecule has 1 aromatic heterocycles. The molecule has 1 heterocycles. The number of pyridine rings is 1. The van der Waals surface area contributed by atoms with Gasteiger partial charge in [-0.1, -0.05) is 12.1 Å². The van der Waals surface area contributed by atoms with E-state index in [9.17, 15) is 28.7 Å². The number of nitrogens with one attached hydrogen (secondary N) is 2. The first-order chi connectivity index (χ1) is 19.1. The molecule has 40 heavy (non-hydrogen) atoms. The first-order valence-corrected chi connectivity index (χ1v) is 12.9. The molecule has 0 atom stereocenters. The molecule has 0 aliphatic heterocycles. The number of amides is 3. The van der Waals surface area contributed by atoms with Gasteiger partial charge in [0.25, 0.3) is 17.4 Å². The number of hydrogen-bond donors (Lipinski definition) is 3. The molecule has 1 saturated carbocycles. The Labute approximate surface area is 231 Å². The summed E-state index contributed by atoms with van der Waals surface area (Å²) in [6.07, 6.45) is 2.27. The third kappa shape index (κ3) is 5.74. The number of likely N-dealkylation sites (N-methyl/N-ethyl adjacent to an activating group) is 1. The van der Waals surface area contributed by atoms with Crippen LogP contribution in [0.5, 0.6) is 0 Å². The fourth-order valence-corrected chi connectivity index (χ4v) is 4.40. The van der Waals surface area contributed by atoms with Gasteiger partial charge in [-0.05, 0) is 62.6 Å². The van der Waals surface area contributed by atoms with Gasteiger partial charge in [-0.15, -0.1) is 0 Å². The van der Waals surface area contributed by atoms with E-state index in [1.807, 2.05) is 0 Å². The minimum atomic E-state index is -0.618. The van der Waals surface area contributed by atoms with E-state index < -0.39 is 17.3 Å². The summed E-state index contributed by atoms with van der Waals surface area (Å²) in [7, 11) is 2.90. The van der Waals surface area contributed by atoms with Gasteiger partial charge >= 0.3 is 0 Å². The average molecular weight is 550 g/mol. The van der Waals surface area contributed by atoms with Gasteiger partial charge in [0.15, 0.2) is 0 Å². The van der Waals surface area contributed by atoms with E-state index >= 15 is 0 Å². The number of aryl methyl sites for hydroxylation is 1. The molecule has 4 rings (SSSR count). The molecular formula is C29H32FN5O5. The van der Waals surface area contributed by atoms with Crippen molar-refractivity contribution in [2.24, 2.45) is 7.05 Å². The highest BCUT2D eigenvalue weighted by atomic mass is 19.1. The molecule has 0 bridgehead atoms. The molecule has 0 spiro atoms. The number of anilines is 4. The fourth-order valence-electron chi connectivity index (χ4n) is 4.40. The third-order valence-electron chi connectivity index (χ3n) is 6.81. The zero-order chi connectivity index (χ0) is 29.1. The number of aliphatic hydroxyl groups excluding tert-OH is 1. The van der Waals surface area contributed by atoms with Gasteiger partial charge in [-0.3, -0.25) is 28.6 Å². The maximum absolute atomic E-state index is 14.9. The van der Waals surface area contributed by atoms with Crippen LogP contribution >= 0.6 is 0 Å². The van der Waals surface area contributed by atoms with Crippen molar-refractivity contribution in [3.63, 3.8) is 0 Å². The second-order valence-corrected chi connectivity index (χ2v) is 9.89. The summed E-state index contributed by atoms with van der Waals surface area (Å²) in [5, 5.41) is 15.3. The van der Waals surface area contributed by atoms with E-state index in [0.717, 1.165) is 17.7 Å². The molecule has 1 aliphatic carbocycles. The lowest BCUT2D eigenvalue weighted by atomic mass is 10.0. The molecule has 2 aromatic carbocycles. The highest BCUT2D eigenvalue weighted by Crippen LogP contribution is 2.36. The molecule has 11 heteroatoms. The van der Waals surface area contributed by atoms with Crippen molar-refractivity contribution in [3.8, 4) is 0 Å². The van der Waals surface area contributed by atoms with Gasteiger partial charge in [0.05, 0.1) is 18.0 Å². The Morgan fingerprint density at radius 1 is 1.18 bits per heavy atom. The van der Waals surface area contributed by atoms with E-state index in [4.69, 9.17) is 0 Å². The van der Waals surface area contributed by atoms with Gasteiger partial charge in [0, 0.05) is 43.5 Å². The average Bonchev–Trinajstić information content (AvgIpc) is 3.75. The lowest BCUT2D eigenvalue weighted by molar-refractivity contribution is -0.106. The second-order valence-electron chi connectivity index (χ2n) is 9.89. The smallest absolute Gasteiger partial charge is 0.259 e. The normalized spacial score (nSPS) is 12.6. The second kappa shape index (κ2) is 11.7. The Morgan fingerprint density at radius 2 is 1.90 bits per heavy atom. The van der Waals surface area contributed by atoms with Crippen LogP contribution in [-0.4, -0.2) is 59.0 Å². The Bertz CT molecular complexity index is 1530. The standard InChI is InChI=1S/C29H32FN5O5/c1-17-8-11-23(22(30)14-17)32-26-24(29(40)33(3)12-13-36)25(18(2)28(39)34(26)4)35(16-37)21-7-5-6-19(15-21)27(38)31-20-9-10-20/h5-8,11,14-16,20,32,36H,9-10,12-13H2,1-4H3,(H,31,38). The summed E-state index contributed by atoms with van der Waals surface area (Å²) >= 11 is 0. The summed E-state index contributed by atoms with van der Waals surface area (Å²) in [5.74, 6) is -1.56. The van der Waals surface area contributed by atoms with Crippen molar-refractivity contribution < 1.29 is 23.9 Å². The molecule has 1 fully saturated rings. The van der Waals surface area contributed by atoms with Gasteiger partial charge in [-0.2, -0.15) is 0 Å². The van der Waals surface area contributed by atoms with E-state index in [1.165, 1.54) is 48.7 Å². The van der Waals surface area contributed by atoms with Crippen LogP contribution in [0.25, 0.3) is 0 Å².